The molecule has 10 heteroatoms. The Labute approximate surface area is 275 Å². The molecule has 6 rings (SSSR count). The van der Waals surface area contributed by atoms with Crippen LogP contribution in [0.1, 0.15) is 117 Å². The van der Waals surface area contributed by atoms with Gasteiger partial charge in [0.15, 0.2) is 6.10 Å². The first-order valence-corrected chi connectivity index (χ1v) is 18.4. The minimum Gasteiger partial charge on any atom is -0.394 e. The monoisotopic (exact) mass is 647 g/mol. The standard InChI is InChI=1S/C36H61N3O7/c1-21(2)7-6-8-22(3)27-11-12-28-26-10-9-23-17-25(13-15-34(23,4)29(26)14-16-35(27,28)5)45-20-24-18-39(38-37-24)36(44)33(43)32(42)31(41)30(19-40)46-36/h18,21-23,25-33,40-44H,6-17,19-20H2,1-5H3/t22-,23?,25?,26+,27-,28+,29+,30-,31+,32+,33-,34+,35-,36+/m1/s1. The Hall–Kier alpha value is -1.14. The number of aliphatic hydroxyl groups is 5. The lowest BCUT2D eigenvalue weighted by Gasteiger charge is -2.61. The molecular formula is C36H61N3O7. The van der Waals surface area contributed by atoms with E-state index in [1.54, 1.807) is 0 Å². The average molecular weight is 648 g/mol. The third kappa shape index (κ3) is 6.00. The summed E-state index contributed by atoms with van der Waals surface area (Å²) in [6.07, 6.45) is 10.8. The molecule has 1 aromatic heterocycles. The minimum absolute atomic E-state index is 0.131. The van der Waals surface area contributed by atoms with Crippen LogP contribution in [0, 0.1) is 52.3 Å². The molecule has 262 valence electrons. The Kier molecular flexibility index (Phi) is 10.0. The van der Waals surface area contributed by atoms with Crippen LogP contribution in [0.2, 0.25) is 0 Å². The first-order valence-electron chi connectivity index (χ1n) is 18.4. The fraction of sp³-hybridized carbons (Fsp3) is 0.944. The third-order valence-corrected chi connectivity index (χ3v) is 14.1. The summed E-state index contributed by atoms with van der Waals surface area (Å²) in [5.41, 5.74) is 1.35. The smallest absolute Gasteiger partial charge is 0.300 e. The molecule has 1 aromatic rings. The zero-order valence-electron chi connectivity index (χ0n) is 28.8. The molecule has 0 radical (unpaired) electrons. The van der Waals surface area contributed by atoms with Crippen molar-refractivity contribution in [2.24, 2.45) is 52.3 Å². The molecule has 0 spiro atoms. The molecule has 2 unspecified atom stereocenters. The van der Waals surface area contributed by atoms with Gasteiger partial charge >= 0.3 is 0 Å². The molecule has 5 fully saturated rings. The van der Waals surface area contributed by atoms with E-state index in [1.165, 1.54) is 70.4 Å². The van der Waals surface area contributed by atoms with Crippen molar-refractivity contribution in [2.45, 2.75) is 155 Å². The van der Waals surface area contributed by atoms with Crippen LogP contribution in [-0.2, 0) is 22.0 Å². The van der Waals surface area contributed by atoms with Crippen molar-refractivity contribution in [3.8, 4) is 0 Å². The summed E-state index contributed by atoms with van der Waals surface area (Å²) >= 11 is 0. The molecule has 2 heterocycles. The van der Waals surface area contributed by atoms with Crippen LogP contribution in [0.3, 0.4) is 0 Å². The molecule has 0 amide bonds. The topological polar surface area (TPSA) is 150 Å². The molecule has 14 atom stereocenters. The number of rotatable bonds is 10. The first-order chi connectivity index (χ1) is 21.8. The maximum Gasteiger partial charge on any atom is 0.300 e. The largest absolute Gasteiger partial charge is 0.394 e. The molecule has 0 aromatic carbocycles. The second kappa shape index (κ2) is 13.3. The highest BCUT2D eigenvalue weighted by atomic mass is 16.7. The molecule has 1 saturated heterocycles. The lowest BCUT2D eigenvalue weighted by atomic mass is 9.44. The van der Waals surface area contributed by atoms with Crippen LogP contribution in [0.4, 0.5) is 0 Å². The zero-order valence-corrected chi connectivity index (χ0v) is 28.8. The number of hydrogen-bond acceptors (Lipinski definition) is 9. The number of fused-ring (bicyclic) bond motifs is 5. The van der Waals surface area contributed by atoms with Crippen molar-refractivity contribution in [3.05, 3.63) is 11.9 Å². The fourth-order valence-electron chi connectivity index (χ4n) is 11.4. The summed E-state index contributed by atoms with van der Waals surface area (Å²) in [7, 11) is 0. The van der Waals surface area contributed by atoms with Gasteiger partial charge in [0.25, 0.3) is 5.91 Å². The van der Waals surface area contributed by atoms with E-state index in [0.717, 1.165) is 53.0 Å². The molecule has 1 aliphatic heterocycles. The second-order valence-electron chi connectivity index (χ2n) is 17.0. The predicted molar refractivity (Wildman–Crippen MR) is 172 cm³/mol. The summed E-state index contributed by atoms with van der Waals surface area (Å²) in [5, 5.41) is 59.3. The number of aliphatic hydroxyl groups excluding tert-OH is 4. The Morgan fingerprint density at radius 3 is 2.43 bits per heavy atom. The van der Waals surface area contributed by atoms with Crippen LogP contribution in [0.25, 0.3) is 0 Å². The molecule has 46 heavy (non-hydrogen) atoms. The molecular weight excluding hydrogens is 586 g/mol. The van der Waals surface area contributed by atoms with Gasteiger partial charge in [0, 0.05) is 0 Å². The van der Waals surface area contributed by atoms with Crippen LogP contribution < -0.4 is 0 Å². The quantitative estimate of drug-likeness (QED) is 0.250. The van der Waals surface area contributed by atoms with Crippen LogP contribution in [0.15, 0.2) is 6.20 Å². The SMILES string of the molecule is CC(C)CCC[C@@H](C)[C@H]1CC[C@H]2[C@@H]3CCC4CC(OCc5cn([C@@]6(O)O[C@H](CO)[C@H](O)[C@H](O)[C@H]6O)nn5)CC[C@]4(C)[C@H]3CC[C@]12C. The highest BCUT2D eigenvalue weighted by Gasteiger charge is 2.61. The van der Waals surface area contributed by atoms with Crippen molar-refractivity contribution in [2.75, 3.05) is 6.61 Å². The maximum atomic E-state index is 11.0. The fourth-order valence-corrected chi connectivity index (χ4v) is 11.4. The van der Waals surface area contributed by atoms with Crippen molar-refractivity contribution in [1.82, 2.24) is 15.0 Å². The number of nitrogens with zero attached hydrogens (tertiary/aromatic N) is 3. The summed E-state index contributed by atoms with van der Waals surface area (Å²) in [6.45, 7) is 12.1. The third-order valence-electron chi connectivity index (χ3n) is 14.1. The Morgan fingerprint density at radius 1 is 0.957 bits per heavy atom. The zero-order chi connectivity index (χ0) is 33.0. The van der Waals surface area contributed by atoms with E-state index in [9.17, 15) is 25.5 Å². The molecule has 0 bridgehead atoms. The van der Waals surface area contributed by atoms with Gasteiger partial charge in [-0.2, -0.15) is 4.68 Å². The van der Waals surface area contributed by atoms with Gasteiger partial charge in [-0.25, -0.2) is 0 Å². The number of hydrogen-bond donors (Lipinski definition) is 5. The van der Waals surface area contributed by atoms with Crippen molar-refractivity contribution in [1.29, 1.82) is 0 Å². The van der Waals surface area contributed by atoms with Crippen molar-refractivity contribution >= 4 is 0 Å². The molecule has 10 nitrogen and oxygen atoms in total. The van der Waals surface area contributed by atoms with Gasteiger partial charge in [-0.05, 0) is 110 Å². The Bertz CT molecular complexity index is 1180. The molecule has 5 N–H and O–H groups in total. The number of aromatic nitrogens is 3. The van der Waals surface area contributed by atoms with Gasteiger partial charge in [0.2, 0.25) is 0 Å². The van der Waals surface area contributed by atoms with Crippen LogP contribution in [-0.4, -0.2) is 77.7 Å². The summed E-state index contributed by atoms with van der Waals surface area (Å²) in [6, 6.07) is 0. The summed E-state index contributed by atoms with van der Waals surface area (Å²) in [4.78, 5) is 0. The lowest BCUT2D eigenvalue weighted by Crippen LogP contribution is -2.65. The Balaban J connectivity index is 1.04. The summed E-state index contributed by atoms with van der Waals surface area (Å²) < 4.78 is 12.7. The van der Waals surface area contributed by atoms with Gasteiger partial charge in [-0.15, -0.1) is 5.10 Å². The molecule has 4 saturated carbocycles. The van der Waals surface area contributed by atoms with Gasteiger partial charge in [0.1, 0.15) is 24.0 Å². The first kappa shape index (κ1) is 34.7. The number of ether oxygens (including phenoxy) is 2. The van der Waals surface area contributed by atoms with E-state index in [1.807, 2.05) is 0 Å². The van der Waals surface area contributed by atoms with Crippen LogP contribution in [0.5, 0.6) is 0 Å². The molecule has 4 aliphatic carbocycles. The van der Waals surface area contributed by atoms with E-state index in [4.69, 9.17) is 9.47 Å². The normalized spacial score (nSPS) is 46.5. The highest BCUT2D eigenvalue weighted by Crippen LogP contribution is 2.68. The van der Waals surface area contributed by atoms with Crippen molar-refractivity contribution < 1.29 is 35.0 Å². The predicted octanol–water partition coefficient (Wildman–Crippen LogP) is 4.36. The minimum atomic E-state index is -2.48. The van der Waals surface area contributed by atoms with E-state index >= 15 is 0 Å². The lowest BCUT2D eigenvalue weighted by molar-refractivity contribution is -0.395. The van der Waals surface area contributed by atoms with Gasteiger partial charge in [-0.1, -0.05) is 59.1 Å². The van der Waals surface area contributed by atoms with Gasteiger partial charge < -0.3 is 35.0 Å². The van der Waals surface area contributed by atoms with Gasteiger partial charge in [-0.3, -0.25) is 0 Å². The van der Waals surface area contributed by atoms with E-state index < -0.39 is 36.9 Å². The Morgan fingerprint density at radius 2 is 1.70 bits per heavy atom. The van der Waals surface area contributed by atoms with E-state index in [2.05, 4.69) is 44.9 Å². The van der Waals surface area contributed by atoms with Gasteiger partial charge in [0.05, 0.1) is 25.5 Å². The highest BCUT2D eigenvalue weighted by molar-refractivity contribution is 5.10. The van der Waals surface area contributed by atoms with Crippen molar-refractivity contribution in [3.63, 3.8) is 0 Å². The molecule has 5 aliphatic rings. The second-order valence-corrected chi connectivity index (χ2v) is 17.0. The average Bonchev–Trinajstić information content (AvgIpc) is 3.65. The van der Waals surface area contributed by atoms with E-state index in [0.29, 0.717) is 22.4 Å². The maximum absolute atomic E-state index is 11.0. The van der Waals surface area contributed by atoms with Crippen LogP contribution >= 0.6 is 0 Å². The van der Waals surface area contributed by atoms with E-state index in [-0.39, 0.29) is 12.7 Å². The summed E-state index contributed by atoms with van der Waals surface area (Å²) in [5.74, 6) is 3.29.